The molecule has 0 amide bonds. The van der Waals surface area contributed by atoms with Crippen molar-refractivity contribution >= 4 is 17.5 Å². The number of aryl methyl sites for hydroxylation is 1. The summed E-state index contributed by atoms with van der Waals surface area (Å²) in [6, 6.07) is 7.76. The van der Waals surface area contributed by atoms with Crippen LogP contribution in [-0.2, 0) is 11.3 Å². The first kappa shape index (κ1) is 19.8. The molecule has 1 saturated heterocycles. The van der Waals surface area contributed by atoms with Crippen LogP contribution < -0.4 is 0 Å². The number of aromatic nitrogens is 3. The Morgan fingerprint density at radius 2 is 2.07 bits per heavy atom. The SMILES string of the molecule is Cc1cc(C(=O)CSc2nnc(-c3ccc(F)cc3)o2)c(C)n1C[C@H]1CCCO1. The van der Waals surface area contributed by atoms with Crippen LogP contribution in [0, 0.1) is 19.7 Å². The van der Waals surface area contributed by atoms with Crippen molar-refractivity contribution in [2.24, 2.45) is 0 Å². The number of carbonyl (C=O) groups is 1. The van der Waals surface area contributed by atoms with Crippen molar-refractivity contribution in [1.29, 1.82) is 0 Å². The minimum absolute atomic E-state index is 0.0169. The second-order valence-electron chi connectivity index (χ2n) is 7.12. The number of Topliss-reactive ketones (excluding diaryl/α,β-unsaturated/α-hetero) is 1. The maximum atomic E-state index is 13.0. The Morgan fingerprint density at radius 1 is 1.28 bits per heavy atom. The molecule has 0 unspecified atom stereocenters. The third-order valence-electron chi connectivity index (χ3n) is 5.11. The minimum atomic E-state index is -0.328. The molecule has 0 spiro atoms. The predicted molar refractivity (Wildman–Crippen MR) is 108 cm³/mol. The largest absolute Gasteiger partial charge is 0.411 e. The molecule has 1 aliphatic rings. The number of ketones is 1. The number of rotatable bonds is 7. The van der Waals surface area contributed by atoms with Gasteiger partial charge in [-0.3, -0.25) is 4.79 Å². The van der Waals surface area contributed by atoms with Gasteiger partial charge in [0.15, 0.2) is 5.78 Å². The van der Waals surface area contributed by atoms with Gasteiger partial charge in [-0.2, -0.15) is 0 Å². The van der Waals surface area contributed by atoms with Crippen molar-refractivity contribution in [2.75, 3.05) is 12.4 Å². The fourth-order valence-corrected chi connectivity index (χ4v) is 4.19. The topological polar surface area (TPSA) is 70.2 Å². The Balaban J connectivity index is 1.40. The van der Waals surface area contributed by atoms with Crippen LogP contribution in [0.25, 0.3) is 11.5 Å². The van der Waals surface area contributed by atoms with E-state index in [0.29, 0.717) is 22.2 Å². The third kappa shape index (κ3) is 4.43. The predicted octanol–water partition coefficient (Wildman–Crippen LogP) is 4.45. The number of benzene rings is 1. The summed E-state index contributed by atoms with van der Waals surface area (Å²) in [4.78, 5) is 12.8. The van der Waals surface area contributed by atoms with Crippen molar-refractivity contribution in [3.05, 3.63) is 53.1 Å². The molecule has 6 nitrogen and oxygen atoms in total. The van der Waals surface area contributed by atoms with Gasteiger partial charge in [-0.25, -0.2) is 4.39 Å². The molecule has 0 N–H and O–H groups in total. The summed E-state index contributed by atoms with van der Waals surface area (Å²) in [6.07, 6.45) is 2.38. The average Bonchev–Trinajstić information content (AvgIpc) is 3.45. The highest BCUT2D eigenvalue weighted by Crippen LogP contribution is 2.26. The second-order valence-corrected chi connectivity index (χ2v) is 8.05. The summed E-state index contributed by atoms with van der Waals surface area (Å²) < 4.78 is 26.5. The van der Waals surface area contributed by atoms with E-state index in [0.717, 1.165) is 37.4 Å². The zero-order chi connectivity index (χ0) is 20.4. The molecule has 0 radical (unpaired) electrons. The average molecular weight is 415 g/mol. The van der Waals surface area contributed by atoms with E-state index in [4.69, 9.17) is 9.15 Å². The van der Waals surface area contributed by atoms with Gasteiger partial charge in [0, 0.05) is 35.7 Å². The van der Waals surface area contributed by atoms with Crippen molar-refractivity contribution in [3.63, 3.8) is 0 Å². The standard InChI is InChI=1S/C21H22FN3O3S/c1-13-10-18(14(2)25(13)11-17-4-3-9-27-17)19(26)12-29-21-24-23-20(28-21)15-5-7-16(22)8-6-15/h5-8,10,17H,3-4,9,11-12H2,1-2H3/t17-/m1/s1. The molecule has 1 fully saturated rings. The highest BCUT2D eigenvalue weighted by atomic mass is 32.2. The Morgan fingerprint density at radius 3 is 2.79 bits per heavy atom. The molecule has 4 rings (SSSR count). The van der Waals surface area contributed by atoms with Crippen molar-refractivity contribution in [2.45, 2.75) is 44.6 Å². The molecule has 1 atom stereocenters. The van der Waals surface area contributed by atoms with Crippen molar-refractivity contribution in [3.8, 4) is 11.5 Å². The monoisotopic (exact) mass is 415 g/mol. The molecule has 152 valence electrons. The zero-order valence-corrected chi connectivity index (χ0v) is 17.2. The molecule has 1 aliphatic heterocycles. The smallest absolute Gasteiger partial charge is 0.277 e. The molecule has 29 heavy (non-hydrogen) atoms. The van der Waals surface area contributed by atoms with Gasteiger partial charge in [0.25, 0.3) is 5.22 Å². The molecule has 1 aromatic carbocycles. The van der Waals surface area contributed by atoms with Gasteiger partial charge in [0.05, 0.1) is 11.9 Å². The van der Waals surface area contributed by atoms with Crippen LogP contribution in [0.1, 0.15) is 34.6 Å². The summed E-state index contributed by atoms with van der Waals surface area (Å²) in [7, 11) is 0. The maximum Gasteiger partial charge on any atom is 0.277 e. The lowest BCUT2D eigenvalue weighted by atomic mass is 10.2. The Hall–Kier alpha value is -2.45. The molecule has 0 bridgehead atoms. The Labute approximate surface area is 172 Å². The first-order valence-corrected chi connectivity index (χ1v) is 10.5. The lowest BCUT2D eigenvalue weighted by Gasteiger charge is -2.14. The van der Waals surface area contributed by atoms with Gasteiger partial charge >= 0.3 is 0 Å². The van der Waals surface area contributed by atoms with E-state index in [1.54, 1.807) is 12.1 Å². The van der Waals surface area contributed by atoms with Crippen molar-refractivity contribution < 1.29 is 18.3 Å². The molecule has 8 heteroatoms. The number of ether oxygens (including phenoxy) is 1. The summed E-state index contributed by atoms with van der Waals surface area (Å²) in [5.41, 5.74) is 3.37. The van der Waals surface area contributed by atoms with Crippen LogP contribution in [0.15, 0.2) is 40.0 Å². The quantitative estimate of drug-likeness (QED) is 0.419. The van der Waals surface area contributed by atoms with Gasteiger partial charge < -0.3 is 13.7 Å². The number of hydrogen-bond donors (Lipinski definition) is 0. The van der Waals surface area contributed by atoms with E-state index < -0.39 is 0 Å². The summed E-state index contributed by atoms with van der Waals surface area (Å²) in [5.74, 6) is 0.193. The van der Waals surface area contributed by atoms with E-state index in [-0.39, 0.29) is 23.5 Å². The van der Waals surface area contributed by atoms with E-state index in [9.17, 15) is 9.18 Å². The first-order chi connectivity index (χ1) is 14.0. The number of nitrogens with zero attached hydrogens (tertiary/aromatic N) is 3. The van der Waals surface area contributed by atoms with Gasteiger partial charge in [0.1, 0.15) is 5.82 Å². The Kier molecular flexibility index (Phi) is 5.82. The van der Waals surface area contributed by atoms with Crippen LogP contribution in [0.5, 0.6) is 0 Å². The lowest BCUT2D eigenvalue weighted by molar-refractivity contribution is 0.0957. The van der Waals surface area contributed by atoms with Gasteiger partial charge in [-0.1, -0.05) is 11.8 Å². The van der Waals surface area contributed by atoms with Gasteiger partial charge in [0.2, 0.25) is 5.89 Å². The van der Waals surface area contributed by atoms with Crippen LogP contribution in [0.3, 0.4) is 0 Å². The van der Waals surface area contributed by atoms with E-state index in [2.05, 4.69) is 14.8 Å². The third-order valence-corrected chi connectivity index (χ3v) is 5.93. The molecular formula is C21H22FN3O3S. The summed E-state index contributed by atoms with van der Waals surface area (Å²) in [6.45, 7) is 5.58. The van der Waals surface area contributed by atoms with Gasteiger partial charge in [-0.15, -0.1) is 10.2 Å². The van der Waals surface area contributed by atoms with E-state index in [1.807, 2.05) is 19.9 Å². The van der Waals surface area contributed by atoms with Crippen molar-refractivity contribution in [1.82, 2.24) is 14.8 Å². The molecular weight excluding hydrogens is 393 g/mol. The van der Waals surface area contributed by atoms with Crippen LogP contribution in [0.4, 0.5) is 4.39 Å². The fourth-order valence-electron chi connectivity index (χ4n) is 3.54. The molecule has 3 heterocycles. The van der Waals surface area contributed by atoms with Gasteiger partial charge in [-0.05, 0) is 57.0 Å². The highest BCUT2D eigenvalue weighted by molar-refractivity contribution is 7.99. The minimum Gasteiger partial charge on any atom is -0.411 e. The lowest BCUT2D eigenvalue weighted by Crippen LogP contribution is -2.17. The summed E-state index contributed by atoms with van der Waals surface area (Å²) >= 11 is 1.20. The first-order valence-electron chi connectivity index (χ1n) is 9.55. The van der Waals surface area contributed by atoms with Crippen LogP contribution in [-0.4, -0.2) is 39.0 Å². The molecule has 2 aromatic heterocycles. The van der Waals surface area contributed by atoms with Crippen LogP contribution in [0.2, 0.25) is 0 Å². The van der Waals surface area contributed by atoms with E-state index in [1.165, 1.54) is 23.9 Å². The highest BCUT2D eigenvalue weighted by Gasteiger charge is 2.21. The number of carbonyl (C=O) groups excluding carboxylic acids is 1. The number of thioether (sulfide) groups is 1. The zero-order valence-electron chi connectivity index (χ0n) is 16.4. The molecule has 0 aliphatic carbocycles. The van der Waals surface area contributed by atoms with E-state index >= 15 is 0 Å². The normalized spacial score (nSPS) is 16.4. The summed E-state index contributed by atoms with van der Waals surface area (Å²) in [5, 5.41) is 8.25. The Bertz CT molecular complexity index is 1010. The van der Waals surface area contributed by atoms with Crippen LogP contribution >= 0.6 is 11.8 Å². The fraction of sp³-hybridized carbons (Fsp3) is 0.381. The number of halogens is 1. The number of hydrogen-bond acceptors (Lipinski definition) is 6. The maximum absolute atomic E-state index is 13.0. The molecule has 3 aromatic rings. The molecule has 0 saturated carbocycles. The second kappa shape index (κ2) is 8.51.